The van der Waals surface area contributed by atoms with E-state index in [0.29, 0.717) is 11.8 Å². The van der Waals surface area contributed by atoms with Gasteiger partial charge < -0.3 is 5.11 Å². The summed E-state index contributed by atoms with van der Waals surface area (Å²) >= 11 is 5.85. The van der Waals surface area contributed by atoms with E-state index in [4.69, 9.17) is 11.6 Å². The van der Waals surface area contributed by atoms with Crippen LogP contribution in [0.4, 0.5) is 0 Å². The molecule has 4 heteroatoms. The quantitative estimate of drug-likeness (QED) is 0.731. The van der Waals surface area contributed by atoms with Crippen LogP contribution in [-0.4, -0.2) is 22.2 Å². The van der Waals surface area contributed by atoms with Crippen LogP contribution < -0.4 is 0 Å². The van der Waals surface area contributed by atoms with Crippen molar-refractivity contribution in [2.45, 2.75) is 59.0 Å². The first kappa shape index (κ1) is 18.4. The summed E-state index contributed by atoms with van der Waals surface area (Å²) < 4.78 is 0. The third-order valence-corrected chi connectivity index (χ3v) is 8.87. The highest BCUT2D eigenvalue weighted by atomic mass is 35.5. The SMILES string of the molecule is CC(C(=O)Cl)[C@H]1CC[C@H]2[C@@H]3CCC4=CC(=O)C=C[C@]4(C)[C@H]3[C@@H](O)C[C@]12C. The second-order valence-corrected chi connectivity index (χ2v) is 9.95. The molecule has 0 heterocycles. The molecule has 0 aliphatic heterocycles. The molecule has 4 rings (SSSR count). The lowest BCUT2D eigenvalue weighted by molar-refractivity contribution is -0.130. The zero-order valence-electron chi connectivity index (χ0n) is 15.9. The maximum atomic E-state index is 11.8. The minimum absolute atomic E-state index is 0.0314. The summed E-state index contributed by atoms with van der Waals surface area (Å²) in [5.74, 6) is 1.28. The largest absolute Gasteiger partial charge is 0.393 e. The lowest BCUT2D eigenvalue weighted by atomic mass is 9.46. The highest BCUT2D eigenvalue weighted by Crippen LogP contribution is 2.66. The van der Waals surface area contributed by atoms with Crippen molar-refractivity contribution in [2.75, 3.05) is 0 Å². The van der Waals surface area contributed by atoms with Crippen molar-refractivity contribution < 1.29 is 14.7 Å². The normalized spacial score (nSPS) is 48.3. The fourth-order valence-electron chi connectivity index (χ4n) is 7.34. The molecule has 0 amide bonds. The van der Waals surface area contributed by atoms with E-state index in [1.165, 1.54) is 5.57 Å². The maximum absolute atomic E-state index is 11.8. The van der Waals surface area contributed by atoms with Gasteiger partial charge in [-0.2, -0.15) is 0 Å². The van der Waals surface area contributed by atoms with Crippen molar-refractivity contribution in [2.24, 2.45) is 40.4 Å². The smallest absolute Gasteiger partial charge is 0.224 e. The molecule has 142 valence electrons. The van der Waals surface area contributed by atoms with E-state index in [1.807, 2.05) is 13.0 Å². The zero-order chi connectivity index (χ0) is 18.9. The molecule has 0 spiro atoms. The van der Waals surface area contributed by atoms with Gasteiger partial charge >= 0.3 is 0 Å². The summed E-state index contributed by atoms with van der Waals surface area (Å²) in [5.41, 5.74) is 0.938. The van der Waals surface area contributed by atoms with E-state index in [0.717, 1.165) is 32.1 Å². The summed E-state index contributed by atoms with van der Waals surface area (Å²) in [6.45, 7) is 6.42. The van der Waals surface area contributed by atoms with E-state index in [-0.39, 0.29) is 39.6 Å². The van der Waals surface area contributed by atoms with Crippen molar-refractivity contribution >= 4 is 22.6 Å². The van der Waals surface area contributed by atoms with Crippen LogP contribution in [0.1, 0.15) is 52.9 Å². The van der Waals surface area contributed by atoms with Crippen molar-refractivity contribution in [3.05, 3.63) is 23.8 Å². The molecule has 0 bridgehead atoms. The molecule has 4 aliphatic rings. The second kappa shape index (κ2) is 6.04. The van der Waals surface area contributed by atoms with Crippen LogP contribution in [0.2, 0.25) is 0 Å². The Balaban J connectivity index is 1.70. The molecule has 4 aliphatic carbocycles. The van der Waals surface area contributed by atoms with Crippen LogP contribution in [0, 0.1) is 40.4 Å². The molecule has 0 aromatic rings. The van der Waals surface area contributed by atoms with Gasteiger partial charge in [-0.05, 0) is 79.0 Å². The number of carbonyl (C=O) groups is 2. The maximum Gasteiger partial charge on any atom is 0.224 e. The summed E-state index contributed by atoms with van der Waals surface area (Å²) in [6, 6.07) is 0. The first-order chi connectivity index (χ1) is 12.2. The van der Waals surface area contributed by atoms with Gasteiger partial charge in [-0.25, -0.2) is 0 Å². The summed E-state index contributed by atoms with van der Waals surface area (Å²) in [4.78, 5) is 23.7. The number of ketones is 1. The molecule has 0 radical (unpaired) electrons. The van der Waals surface area contributed by atoms with Crippen molar-refractivity contribution in [1.29, 1.82) is 0 Å². The van der Waals surface area contributed by atoms with Crippen molar-refractivity contribution in [3.8, 4) is 0 Å². The molecule has 0 aromatic carbocycles. The Morgan fingerprint density at radius 3 is 2.73 bits per heavy atom. The van der Waals surface area contributed by atoms with E-state index in [1.54, 1.807) is 12.2 Å². The van der Waals surface area contributed by atoms with Crippen LogP contribution in [0.25, 0.3) is 0 Å². The molecule has 3 fully saturated rings. The Labute approximate surface area is 160 Å². The number of hydrogen-bond donors (Lipinski definition) is 1. The predicted molar refractivity (Wildman–Crippen MR) is 102 cm³/mol. The van der Waals surface area contributed by atoms with Gasteiger partial charge in [0.1, 0.15) is 0 Å². The van der Waals surface area contributed by atoms with E-state index < -0.39 is 6.10 Å². The van der Waals surface area contributed by atoms with Gasteiger partial charge in [0, 0.05) is 17.3 Å². The van der Waals surface area contributed by atoms with E-state index in [9.17, 15) is 14.7 Å². The lowest BCUT2D eigenvalue weighted by Crippen LogP contribution is -2.56. The zero-order valence-corrected chi connectivity index (χ0v) is 16.6. The Morgan fingerprint density at radius 1 is 1.31 bits per heavy atom. The average Bonchev–Trinajstić information content (AvgIpc) is 2.90. The molecule has 8 atom stereocenters. The van der Waals surface area contributed by atoms with Gasteiger partial charge in [0.25, 0.3) is 0 Å². The number of fused-ring (bicyclic) bond motifs is 5. The molecule has 3 saturated carbocycles. The third-order valence-electron chi connectivity index (χ3n) is 8.53. The molecule has 3 nitrogen and oxygen atoms in total. The molecule has 0 saturated heterocycles. The number of aliphatic hydroxyl groups excluding tert-OH is 1. The minimum atomic E-state index is -0.411. The Bertz CT molecular complexity index is 710. The van der Waals surface area contributed by atoms with Gasteiger partial charge in [-0.3, -0.25) is 9.59 Å². The number of halogens is 1. The van der Waals surface area contributed by atoms with Gasteiger partial charge in [-0.1, -0.05) is 32.4 Å². The summed E-state index contributed by atoms with van der Waals surface area (Å²) in [6.07, 6.45) is 9.92. The first-order valence-corrected chi connectivity index (χ1v) is 10.4. The lowest BCUT2D eigenvalue weighted by Gasteiger charge is -2.59. The average molecular weight is 377 g/mol. The number of hydrogen-bond acceptors (Lipinski definition) is 3. The molecule has 0 aromatic heterocycles. The highest BCUT2D eigenvalue weighted by molar-refractivity contribution is 6.63. The number of aliphatic hydroxyl groups is 1. The first-order valence-electron chi connectivity index (χ1n) is 10.00. The predicted octanol–water partition coefficient (Wildman–Crippen LogP) is 4.28. The molecule has 26 heavy (non-hydrogen) atoms. The van der Waals surface area contributed by atoms with Gasteiger partial charge in [-0.15, -0.1) is 0 Å². The second-order valence-electron chi connectivity index (χ2n) is 9.58. The van der Waals surface area contributed by atoms with Crippen molar-refractivity contribution in [3.63, 3.8) is 0 Å². The van der Waals surface area contributed by atoms with Crippen molar-refractivity contribution in [1.82, 2.24) is 0 Å². The molecule has 1 unspecified atom stereocenters. The van der Waals surface area contributed by atoms with Crippen LogP contribution in [0.3, 0.4) is 0 Å². The van der Waals surface area contributed by atoms with E-state index in [2.05, 4.69) is 13.8 Å². The summed E-state index contributed by atoms with van der Waals surface area (Å²) in [5, 5.41) is 11.0. The van der Waals surface area contributed by atoms with Crippen LogP contribution in [0.5, 0.6) is 0 Å². The van der Waals surface area contributed by atoms with Crippen LogP contribution >= 0.6 is 11.6 Å². The highest BCUT2D eigenvalue weighted by Gasteiger charge is 2.62. The van der Waals surface area contributed by atoms with E-state index >= 15 is 0 Å². The fourth-order valence-corrected chi connectivity index (χ4v) is 7.50. The number of allylic oxidation sites excluding steroid dienone is 4. The molecular formula is C22H29ClO3. The molecule has 1 N–H and O–H groups in total. The van der Waals surface area contributed by atoms with Gasteiger partial charge in [0.2, 0.25) is 5.24 Å². The number of carbonyl (C=O) groups excluding carboxylic acids is 2. The monoisotopic (exact) mass is 376 g/mol. The van der Waals surface area contributed by atoms with Crippen LogP contribution in [0.15, 0.2) is 23.8 Å². The minimum Gasteiger partial charge on any atom is -0.393 e. The third kappa shape index (κ3) is 2.43. The Hall–Kier alpha value is -0.930. The topological polar surface area (TPSA) is 54.4 Å². The van der Waals surface area contributed by atoms with Gasteiger partial charge in [0.15, 0.2) is 5.78 Å². The molecular weight excluding hydrogens is 348 g/mol. The number of rotatable bonds is 2. The Kier molecular flexibility index (Phi) is 4.28. The summed E-state index contributed by atoms with van der Waals surface area (Å²) in [7, 11) is 0. The van der Waals surface area contributed by atoms with Gasteiger partial charge in [0.05, 0.1) is 6.10 Å². The standard InChI is InChI=1S/C22H29ClO3/c1-12(20(23)26)16-6-7-17-15-5-4-13-10-14(24)8-9-21(13,2)19(15)18(25)11-22(16,17)3/h8-10,12,15-19,25H,4-7,11H2,1-3H3/t12?,15-,16+,17-,18-,19+,21-,22+/m0/s1. The van der Waals surface area contributed by atoms with Crippen LogP contribution in [-0.2, 0) is 9.59 Å². The Morgan fingerprint density at radius 2 is 2.04 bits per heavy atom. The fraction of sp³-hybridized carbons (Fsp3) is 0.727.